The van der Waals surface area contributed by atoms with E-state index in [1.165, 1.54) is 7.11 Å². The van der Waals surface area contributed by atoms with Gasteiger partial charge in [-0.15, -0.1) is 0 Å². The summed E-state index contributed by atoms with van der Waals surface area (Å²) in [6.45, 7) is 0. The maximum absolute atomic E-state index is 11.8. The Hall–Kier alpha value is -0.880. The van der Waals surface area contributed by atoms with Crippen LogP contribution in [0.1, 0.15) is 23.2 Å². The maximum atomic E-state index is 11.8. The second kappa shape index (κ2) is 6.16. The minimum atomic E-state index is -0.396. The number of esters is 1. The van der Waals surface area contributed by atoms with Crippen molar-refractivity contribution in [3.63, 3.8) is 0 Å². The summed E-state index contributed by atoms with van der Waals surface area (Å²) in [5.41, 5.74) is 6.75. The molecule has 4 nitrogen and oxygen atoms in total. The van der Waals surface area contributed by atoms with E-state index in [0.29, 0.717) is 20.2 Å². The minimum absolute atomic E-state index is 0.0783. The highest BCUT2D eigenvalue weighted by molar-refractivity contribution is 9.11. The molecule has 0 saturated carbocycles. The van der Waals surface area contributed by atoms with Crippen molar-refractivity contribution in [3.8, 4) is 0 Å². The third kappa shape index (κ3) is 3.81. The van der Waals surface area contributed by atoms with Gasteiger partial charge in [0.2, 0.25) is 0 Å². The van der Waals surface area contributed by atoms with E-state index in [1.54, 1.807) is 12.1 Å². The maximum Gasteiger partial charge on any atom is 0.305 e. The van der Waals surface area contributed by atoms with Gasteiger partial charge in [0.1, 0.15) is 0 Å². The minimum Gasteiger partial charge on any atom is -0.469 e. The number of ether oxygens (including phenoxy) is 1. The number of Topliss-reactive ketones (excluding diaryl/α,β-unsaturated/α-hetero) is 1. The summed E-state index contributed by atoms with van der Waals surface area (Å²) < 4.78 is 5.77. The summed E-state index contributed by atoms with van der Waals surface area (Å²) >= 11 is 6.52. The van der Waals surface area contributed by atoms with Crippen LogP contribution in [0, 0.1) is 0 Å². The number of methoxy groups -OCH3 is 1. The van der Waals surface area contributed by atoms with Crippen LogP contribution < -0.4 is 5.73 Å². The van der Waals surface area contributed by atoms with Crippen molar-refractivity contribution in [1.29, 1.82) is 0 Å². The number of halogens is 2. The zero-order valence-electron chi connectivity index (χ0n) is 9.13. The number of hydrogen-bond acceptors (Lipinski definition) is 4. The van der Waals surface area contributed by atoms with Crippen LogP contribution in [0.3, 0.4) is 0 Å². The summed E-state index contributed by atoms with van der Waals surface area (Å²) in [4.78, 5) is 22.7. The van der Waals surface area contributed by atoms with Crippen molar-refractivity contribution < 1.29 is 14.3 Å². The van der Waals surface area contributed by atoms with Crippen molar-refractivity contribution in [2.24, 2.45) is 0 Å². The monoisotopic (exact) mass is 363 g/mol. The normalized spacial score (nSPS) is 10.1. The molecule has 1 rings (SSSR count). The van der Waals surface area contributed by atoms with E-state index in [-0.39, 0.29) is 18.6 Å². The Balaban J connectivity index is 2.80. The summed E-state index contributed by atoms with van der Waals surface area (Å²) in [5.74, 6) is -0.524. The summed E-state index contributed by atoms with van der Waals surface area (Å²) in [6.07, 6.45) is 0.199. The topological polar surface area (TPSA) is 69.4 Å². The predicted octanol–water partition coefficient (Wildman–Crippen LogP) is 2.93. The Morgan fingerprint density at radius 3 is 2.24 bits per heavy atom. The van der Waals surface area contributed by atoms with Crippen LogP contribution in [-0.4, -0.2) is 18.9 Å². The summed E-state index contributed by atoms with van der Waals surface area (Å²) in [7, 11) is 1.29. The lowest BCUT2D eigenvalue weighted by Crippen LogP contribution is -2.06. The molecule has 1 aromatic rings. The van der Waals surface area contributed by atoms with E-state index >= 15 is 0 Å². The molecule has 0 aliphatic carbocycles. The smallest absolute Gasteiger partial charge is 0.305 e. The number of nitrogens with two attached hydrogens (primary N) is 1. The third-order valence-electron chi connectivity index (χ3n) is 2.18. The Morgan fingerprint density at radius 1 is 1.24 bits per heavy atom. The van der Waals surface area contributed by atoms with E-state index in [1.807, 2.05) is 0 Å². The van der Waals surface area contributed by atoms with Crippen LogP contribution in [-0.2, 0) is 9.53 Å². The number of carbonyl (C=O) groups is 2. The SMILES string of the molecule is COC(=O)CCC(=O)c1cc(Br)c(N)c(Br)c1. The third-order valence-corrected chi connectivity index (χ3v) is 3.50. The molecule has 0 bridgehead atoms. The Morgan fingerprint density at radius 2 is 1.76 bits per heavy atom. The van der Waals surface area contributed by atoms with Crippen LogP contribution in [0.4, 0.5) is 5.69 Å². The second-order valence-corrected chi connectivity index (χ2v) is 5.06. The van der Waals surface area contributed by atoms with E-state index in [0.717, 1.165) is 0 Å². The first-order chi connectivity index (χ1) is 7.95. The Bertz CT molecular complexity index is 437. The fourth-order valence-corrected chi connectivity index (χ4v) is 2.39. The molecule has 0 radical (unpaired) electrons. The van der Waals surface area contributed by atoms with E-state index in [9.17, 15) is 9.59 Å². The number of carbonyl (C=O) groups excluding carboxylic acids is 2. The van der Waals surface area contributed by atoms with Crippen LogP contribution in [0.25, 0.3) is 0 Å². The number of nitrogen functional groups attached to an aromatic ring is 1. The van der Waals surface area contributed by atoms with Gasteiger partial charge in [0.05, 0.1) is 19.2 Å². The molecule has 0 saturated heterocycles. The molecule has 0 fully saturated rings. The van der Waals surface area contributed by atoms with Gasteiger partial charge in [-0.2, -0.15) is 0 Å². The van der Waals surface area contributed by atoms with Crippen molar-refractivity contribution in [2.75, 3.05) is 12.8 Å². The summed E-state index contributed by atoms with van der Waals surface area (Å²) in [6, 6.07) is 3.28. The van der Waals surface area contributed by atoms with Gasteiger partial charge in [-0.3, -0.25) is 9.59 Å². The van der Waals surface area contributed by atoms with Gasteiger partial charge in [0.15, 0.2) is 5.78 Å². The lowest BCUT2D eigenvalue weighted by Gasteiger charge is -2.06. The molecule has 6 heteroatoms. The second-order valence-electron chi connectivity index (χ2n) is 3.35. The standard InChI is InChI=1S/C11H11Br2NO3/c1-17-10(16)3-2-9(15)6-4-7(12)11(14)8(13)5-6/h4-5H,2-3,14H2,1H3. The molecule has 0 amide bonds. The molecule has 0 atom stereocenters. The molecule has 92 valence electrons. The first-order valence-electron chi connectivity index (χ1n) is 4.80. The summed E-state index contributed by atoms with van der Waals surface area (Å²) in [5, 5.41) is 0. The lowest BCUT2D eigenvalue weighted by atomic mass is 10.1. The first-order valence-corrected chi connectivity index (χ1v) is 6.39. The average Bonchev–Trinajstić information content (AvgIpc) is 2.31. The molecule has 0 aromatic heterocycles. The van der Waals surface area contributed by atoms with Gasteiger partial charge in [-0.05, 0) is 44.0 Å². The van der Waals surface area contributed by atoms with Crippen LogP contribution in [0.5, 0.6) is 0 Å². The highest BCUT2D eigenvalue weighted by Gasteiger charge is 2.12. The van der Waals surface area contributed by atoms with Crippen LogP contribution >= 0.6 is 31.9 Å². The van der Waals surface area contributed by atoms with Crippen LogP contribution in [0.15, 0.2) is 21.1 Å². The lowest BCUT2D eigenvalue weighted by molar-refractivity contribution is -0.140. The zero-order chi connectivity index (χ0) is 13.0. The van der Waals surface area contributed by atoms with Gasteiger partial charge < -0.3 is 10.5 Å². The number of hydrogen-bond donors (Lipinski definition) is 1. The number of rotatable bonds is 4. The highest BCUT2D eigenvalue weighted by atomic mass is 79.9. The van der Waals surface area contributed by atoms with Gasteiger partial charge in [-0.25, -0.2) is 0 Å². The molecule has 0 spiro atoms. The van der Waals surface area contributed by atoms with Gasteiger partial charge in [0, 0.05) is 20.9 Å². The predicted molar refractivity (Wildman–Crippen MR) is 71.8 cm³/mol. The fourth-order valence-electron chi connectivity index (χ4n) is 1.21. The van der Waals surface area contributed by atoms with E-state index < -0.39 is 5.97 Å². The molecule has 2 N–H and O–H groups in total. The molecule has 17 heavy (non-hydrogen) atoms. The number of benzene rings is 1. The molecule has 0 aliphatic heterocycles. The van der Waals surface area contributed by atoms with Crippen molar-refractivity contribution in [3.05, 3.63) is 26.6 Å². The molecule has 0 heterocycles. The van der Waals surface area contributed by atoms with Crippen molar-refractivity contribution >= 4 is 49.3 Å². The largest absolute Gasteiger partial charge is 0.469 e. The molecule has 0 unspecified atom stereocenters. The zero-order valence-corrected chi connectivity index (χ0v) is 12.3. The number of ketones is 1. The molecular formula is C11H11Br2NO3. The Labute approximate surface area is 116 Å². The quantitative estimate of drug-likeness (QED) is 0.506. The fraction of sp³-hybridized carbons (Fsp3) is 0.273. The average molecular weight is 365 g/mol. The highest BCUT2D eigenvalue weighted by Crippen LogP contribution is 2.30. The molecular weight excluding hydrogens is 354 g/mol. The van der Waals surface area contributed by atoms with Crippen LogP contribution in [0.2, 0.25) is 0 Å². The van der Waals surface area contributed by atoms with Gasteiger partial charge in [0.25, 0.3) is 0 Å². The van der Waals surface area contributed by atoms with Gasteiger partial charge in [-0.1, -0.05) is 0 Å². The van der Waals surface area contributed by atoms with E-state index in [4.69, 9.17) is 5.73 Å². The van der Waals surface area contributed by atoms with Crippen molar-refractivity contribution in [1.82, 2.24) is 0 Å². The molecule has 0 aliphatic rings. The van der Waals surface area contributed by atoms with E-state index in [2.05, 4.69) is 36.6 Å². The Kier molecular flexibility index (Phi) is 5.14. The van der Waals surface area contributed by atoms with Gasteiger partial charge >= 0.3 is 5.97 Å². The van der Waals surface area contributed by atoms with Crippen molar-refractivity contribution in [2.45, 2.75) is 12.8 Å². The first kappa shape index (κ1) is 14.2. The number of anilines is 1. The molecule has 1 aromatic carbocycles.